The number of nitrogens with zero attached hydrogens (tertiary/aromatic N) is 3. The number of nitrogens with one attached hydrogen (secondary N) is 1. The highest BCUT2D eigenvalue weighted by Gasteiger charge is 2.39. The number of nitrogens with two attached hydrogens (primary N) is 1. The molecule has 13 heteroatoms. The second-order valence-corrected chi connectivity index (χ2v) is 12.2. The summed E-state index contributed by atoms with van der Waals surface area (Å²) in [7, 11) is -6.68. The Hall–Kier alpha value is -3.71. The van der Waals surface area contributed by atoms with Crippen molar-refractivity contribution in [3.63, 3.8) is 0 Å². The first-order valence-corrected chi connectivity index (χ1v) is 13.9. The highest BCUT2D eigenvalue weighted by molar-refractivity contribution is 7.92. The number of anilines is 2. The van der Waals surface area contributed by atoms with Gasteiger partial charge in [0.1, 0.15) is 16.4 Å². The van der Waals surface area contributed by atoms with Gasteiger partial charge in [-0.25, -0.2) is 35.2 Å². The second kappa shape index (κ2) is 8.45. The maximum Gasteiger partial charge on any atom is 0.264 e. The van der Waals surface area contributed by atoms with E-state index in [4.69, 9.17) is 10.5 Å². The first-order valence-electron chi connectivity index (χ1n) is 10.9. The number of benzene rings is 2. The molecule has 2 aromatic heterocycles. The zero-order chi connectivity index (χ0) is 25.8. The molecule has 0 spiro atoms. The van der Waals surface area contributed by atoms with Gasteiger partial charge in [0, 0.05) is 11.8 Å². The summed E-state index contributed by atoms with van der Waals surface area (Å²) in [6.07, 6.45) is 2.58. The van der Waals surface area contributed by atoms with Crippen LogP contribution >= 0.6 is 0 Å². The third-order valence-corrected chi connectivity index (χ3v) is 9.44. The lowest BCUT2D eigenvalue weighted by molar-refractivity contribution is 0.400. The Bertz CT molecular complexity index is 1730. The average molecular weight is 532 g/mol. The topological polar surface area (TPSA) is 146 Å². The van der Waals surface area contributed by atoms with Crippen LogP contribution in [0.4, 0.5) is 16.0 Å². The van der Waals surface area contributed by atoms with Crippen LogP contribution in [0.15, 0.2) is 53.6 Å². The Balaban J connectivity index is 1.58. The van der Waals surface area contributed by atoms with Gasteiger partial charge in [0.25, 0.3) is 10.0 Å². The lowest BCUT2D eigenvalue weighted by Crippen LogP contribution is -2.19. The predicted octanol–water partition coefficient (Wildman–Crippen LogP) is 3.28. The monoisotopic (exact) mass is 531 g/mol. The predicted molar refractivity (Wildman–Crippen MR) is 133 cm³/mol. The molecule has 0 amide bonds. The summed E-state index contributed by atoms with van der Waals surface area (Å²) in [4.78, 5) is 7.82. The van der Waals surface area contributed by atoms with E-state index in [0.29, 0.717) is 40.6 Å². The summed E-state index contributed by atoms with van der Waals surface area (Å²) >= 11 is 0. The van der Waals surface area contributed by atoms with Crippen molar-refractivity contribution in [3.8, 4) is 17.0 Å². The van der Waals surface area contributed by atoms with Crippen molar-refractivity contribution in [2.45, 2.75) is 29.9 Å². The zero-order valence-corrected chi connectivity index (χ0v) is 20.9. The fraction of sp³-hybridized carbons (Fsp3) is 0.217. The molecule has 10 nitrogen and oxygen atoms in total. The van der Waals surface area contributed by atoms with Crippen molar-refractivity contribution in [1.82, 2.24) is 13.9 Å². The number of aromatic nitrogens is 3. The van der Waals surface area contributed by atoms with Gasteiger partial charge < -0.3 is 10.5 Å². The Labute approximate surface area is 207 Å². The molecule has 0 aliphatic heterocycles. The first-order chi connectivity index (χ1) is 17.0. The minimum absolute atomic E-state index is 0.0197. The number of rotatable bonds is 7. The number of nitrogen functional groups attached to an aromatic ring is 1. The van der Waals surface area contributed by atoms with Gasteiger partial charge in [0.2, 0.25) is 21.9 Å². The van der Waals surface area contributed by atoms with Crippen LogP contribution in [-0.2, 0) is 20.0 Å². The molecule has 2 heterocycles. The molecule has 0 saturated heterocycles. The third kappa shape index (κ3) is 4.13. The van der Waals surface area contributed by atoms with Crippen molar-refractivity contribution in [2.75, 3.05) is 17.6 Å². The lowest BCUT2D eigenvalue weighted by atomic mass is 10.1. The number of methoxy groups -OCH3 is 1. The fourth-order valence-electron chi connectivity index (χ4n) is 3.90. The van der Waals surface area contributed by atoms with Crippen molar-refractivity contribution >= 4 is 42.7 Å². The van der Waals surface area contributed by atoms with Gasteiger partial charge >= 0.3 is 0 Å². The lowest BCUT2D eigenvalue weighted by Gasteiger charge is -2.13. The Morgan fingerprint density at radius 2 is 1.83 bits per heavy atom. The molecule has 1 aliphatic carbocycles. The van der Waals surface area contributed by atoms with Gasteiger partial charge in [0.05, 0.1) is 23.4 Å². The highest BCUT2D eigenvalue weighted by atomic mass is 32.2. The number of fused-ring (bicyclic) bond motifs is 1. The maximum absolute atomic E-state index is 14.4. The molecule has 1 aliphatic rings. The Morgan fingerprint density at radius 3 is 2.50 bits per heavy atom. The molecule has 4 aromatic rings. The van der Waals surface area contributed by atoms with Gasteiger partial charge in [-0.2, -0.15) is 0 Å². The average Bonchev–Trinajstić information content (AvgIpc) is 3.61. The molecule has 5 rings (SSSR count). The van der Waals surface area contributed by atoms with E-state index in [1.54, 1.807) is 25.1 Å². The molecule has 0 unspecified atom stereocenters. The van der Waals surface area contributed by atoms with Crippen LogP contribution < -0.4 is 15.2 Å². The molecule has 0 atom stereocenters. The van der Waals surface area contributed by atoms with E-state index in [-0.39, 0.29) is 17.5 Å². The minimum Gasteiger partial charge on any atom is -0.480 e. The van der Waals surface area contributed by atoms with Crippen LogP contribution in [0.25, 0.3) is 22.2 Å². The number of pyridine rings is 1. The highest BCUT2D eigenvalue weighted by Crippen LogP contribution is 2.36. The van der Waals surface area contributed by atoms with E-state index < -0.39 is 36.0 Å². The first kappa shape index (κ1) is 24.0. The zero-order valence-electron chi connectivity index (χ0n) is 19.3. The van der Waals surface area contributed by atoms with Crippen LogP contribution in [0.1, 0.15) is 18.4 Å². The van der Waals surface area contributed by atoms with E-state index in [0.717, 1.165) is 10.0 Å². The van der Waals surface area contributed by atoms with E-state index >= 15 is 0 Å². The summed E-state index contributed by atoms with van der Waals surface area (Å²) in [5.41, 5.74) is 8.19. The summed E-state index contributed by atoms with van der Waals surface area (Å²) in [5.74, 6) is -1.05. The van der Waals surface area contributed by atoms with Gasteiger partial charge in [-0.15, -0.1) is 0 Å². The van der Waals surface area contributed by atoms with E-state index in [1.807, 2.05) is 0 Å². The Morgan fingerprint density at radius 1 is 1.08 bits per heavy atom. The van der Waals surface area contributed by atoms with E-state index in [1.165, 1.54) is 31.5 Å². The maximum atomic E-state index is 14.4. The van der Waals surface area contributed by atoms with Gasteiger partial charge in [-0.05, 0) is 61.2 Å². The number of halogens is 1. The Kier molecular flexibility index (Phi) is 5.63. The molecule has 1 saturated carbocycles. The smallest absolute Gasteiger partial charge is 0.264 e. The van der Waals surface area contributed by atoms with Crippen molar-refractivity contribution in [1.29, 1.82) is 0 Å². The van der Waals surface area contributed by atoms with Crippen molar-refractivity contribution in [3.05, 3.63) is 60.0 Å². The number of aryl methyl sites for hydroxylation is 1. The quantitative estimate of drug-likeness (QED) is 0.369. The van der Waals surface area contributed by atoms with E-state index in [2.05, 4.69) is 14.7 Å². The van der Waals surface area contributed by atoms with Crippen LogP contribution in [0.3, 0.4) is 0 Å². The minimum atomic E-state index is -4.31. The van der Waals surface area contributed by atoms with Crippen LogP contribution in [0.5, 0.6) is 5.88 Å². The van der Waals surface area contributed by atoms with Crippen molar-refractivity contribution in [2.24, 2.45) is 0 Å². The van der Waals surface area contributed by atoms with Crippen LogP contribution in [0.2, 0.25) is 0 Å². The van der Waals surface area contributed by atoms with Crippen LogP contribution in [-0.4, -0.2) is 43.1 Å². The van der Waals surface area contributed by atoms with Gasteiger partial charge in [0.15, 0.2) is 0 Å². The molecule has 0 radical (unpaired) electrons. The molecule has 3 N–H and O–H groups in total. The number of hydrogen-bond donors (Lipinski definition) is 2. The molecular formula is C23H22FN5O5S2. The summed E-state index contributed by atoms with van der Waals surface area (Å²) in [6, 6.07) is 10.2. The molecule has 0 bridgehead atoms. The summed E-state index contributed by atoms with van der Waals surface area (Å²) in [6.45, 7) is 1.65. The standard InChI is InChI=1S/C23H22FN5O5S2/c1-13-3-8-21(17(24)9-13)35(30,31)28-19-10-15(12-26-22(19)34-2)14-4-7-18-20(11-14)29(23(25)27-18)36(32,33)16-5-6-16/h3-4,7-12,16,28H,5-6H2,1-2H3,(H2,25,27). The largest absolute Gasteiger partial charge is 0.480 e. The number of imidazole rings is 1. The number of hydrogen-bond acceptors (Lipinski definition) is 8. The van der Waals surface area contributed by atoms with Gasteiger partial charge in [-0.3, -0.25) is 4.72 Å². The van der Waals surface area contributed by atoms with Gasteiger partial charge in [-0.1, -0.05) is 12.1 Å². The molecule has 2 aromatic carbocycles. The second-order valence-electron chi connectivity index (χ2n) is 8.50. The summed E-state index contributed by atoms with van der Waals surface area (Å²) < 4.78 is 74.7. The van der Waals surface area contributed by atoms with Crippen LogP contribution in [0, 0.1) is 12.7 Å². The fourth-order valence-corrected chi connectivity index (χ4v) is 6.76. The number of sulfonamides is 1. The summed E-state index contributed by atoms with van der Waals surface area (Å²) in [5, 5.41) is -0.494. The normalized spacial score (nSPS) is 14.2. The third-order valence-electron chi connectivity index (χ3n) is 5.84. The molecule has 1 fully saturated rings. The molecule has 188 valence electrons. The molecule has 36 heavy (non-hydrogen) atoms. The molecular weight excluding hydrogens is 509 g/mol. The SMILES string of the molecule is COc1ncc(-c2ccc3nc(N)n(S(=O)(=O)C4CC4)c3c2)cc1NS(=O)(=O)c1ccc(C)cc1F. The number of ether oxygens (including phenoxy) is 1. The van der Waals surface area contributed by atoms with Crippen molar-refractivity contribution < 1.29 is 26.0 Å². The van der Waals surface area contributed by atoms with E-state index in [9.17, 15) is 21.2 Å².